The van der Waals surface area contributed by atoms with E-state index in [9.17, 15) is 4.79 Å². The SMILES string of the molecule is CSCCCCCCNC(=O)C1C2CCC(C2)C1N. The Kier molecular flexibility index (Phi) is 6.02. The minimum absolute atomic E-state index is 0.107. The van der Waals surface area contributed by atoms with Crippen molar-refractivity contribution in [2.45, 2.75) is 51.0 Å². The molecule has 0 aromatic rings. The van der Waals surface area contributed by atoms with Crippen LogP contribution >= 0.6 is 11.8 Å². The molecule has 3 N–H and O–H groups in total. The highest BCUT2D eigenvalue weighted by molar-refractivity contribution is 7.98. The van der Waals surface area contributed by atoms with Crippen LogP contribution in [0.5, 0.6) is 0 Å². The van der Waals surface area contributed by atoms with Crippen LogP contribution in [0.4, 0.5) is 0 Å². The van der Waals surface area contributed by atoms with Crippen LogP contribution in [0.2, 0.25) is 0 Å². The Morgan fingerprint density at radius 1 is 1.21 bits per heavy atom. The summed E-state index contributed by atoms with van der Waals surface area (Å²) in [4.78, 5) is 12.2. The van der Waals surface area contributed by atoms with Crippen LogP contribution in [0.3, 0.4) is 0 Å². The van der Waals surface area contributed by atoms with Crippen molar-refractivity contribution >= 4 is 17.7 Å². The van der Waals surface area contributed by atoms with E-state index < -0.39 is 0 Å². The predicted octanol–water partition coefficient (Wildman–Crippen LogP) is 2.40. The first-order valence-corrected chi connectivity index (χ1v) is 9.15. The second-order valence-electron chi connectivity index (χ2n) is 6.13. The van der Waals surface area contributed by atoms with E-state index in [1.165, 1.54) is 44.3 Å². The highest BCUT2D eigenvalue weighted by Crippen LogP contribution is 2.47. The Hall–Kier alpha value is -0.220. The number of amides is 1. The molecule has 2 fully saturated rings. The van der Waals surface area contributed by atoms with Crippen LogP contribution in [0.1, 0.15) is 44.9 Å². The predicted molar refractivity (Wildman–Crippen MR) is 82.2 cm³/mol. The van der Waals surface area contributed by atoms with Crippen molar-refractivity contribution in [3.05, 3.63) is 0 Å². The molecule has 0 aliphatic heterocycles. The summed E-state index contributed by atoms with van der Waals surface area (Å²) in [6, 6.07) is 0.125. The second-order valence-corrected chi connectivity index (χ2v) is 7.12. The molecule has 2 aliphatic rings. The second kappa shape index (κ2) is 7.53. The molecule has 110 valence electrons. The normalized spacial score (nSPS) is 32.7. The van der Waals surface area contributed by atoms with Gasteiger partial charge in [0.15, 0.2) is 0 Å². The average Bonchev–Trinajstić information content (AvgIpc) is 2.98. The van der Waals surface area contributed by atoms with Gasteiger partial charge in [0.1, 0.15) is 0 Å². The molecule has 4 atom stereocenters. The van der Waals surface area contributed by atoms with Crippen molar-refractivity contribution in [1.82, 2.24) is 5.32 Å². The third kappa shape index (κ3) is 3.88. The van der Waals surface area contributed by atoms with E-state index in [0.717, 1.165) is 13.0 Å². The largest absolute Gasteiger partial charge is 0.356 e. The maximum Gasteiger partial charge on any atom is 0.224 e. The van der Waals surface area contributed by atoms with Crippen molar-refractivity contribution in [1.29, 1.82) is 0 Å². The molecule has 19 heavy (non-hydrogen) atoms. The Morgan fingerprint density at radius 3 is 2.63 bits per heavy atom. The van der Waals surface area contributed by atoms with E-state index in [4.69, 9.17) is 5.73 Å². The van der Waals surface area contributed by atoms with Crippen LogP contribution in [0, 0.1) is 17.8 Å². The molecule has 2 aliphatic carbocycles. The summed E-state index contributed by atoms with van der Waals surface area (Å²) in [5.41, 5.74) is 6.19. The minimum Gasteiger partial charge on any atom is -0.356 e. The Labute approximate surface area is 121 Å². The number of unbranched alkanes of at least 4 members (excludes halogenated alkanes) is 3. The van der Waals surface area contributed by atoms with Crippen molar-refractivity contribution in [2.24, 2.45) is 23.5 Å². The molecule has 0 saturated heterocycles. The number of hydrogen-bond donors (Lipinski definition) is 2. The summed E-state index contributed by atoms with van der Waals surface area (Å²) in [5, 5.41) is 3.11. The van der Waals surface area contributed by atoms with E-state index in [2.05, 4.69) is 11.6 Å². The maximum absolute atomic E-state index is 12.2. The fourth-order valence-electron chi connectivity index (χ4n) is 3.78. The van der Waals surface area contributed by atoms with Gasteiger partial charge < -0.3 is 11.1 Å². The Balaban J connectivity index is 1.57. The molecule has 2 saturated carbocycles. The first-order chi connectivity index (χ1) is 9.24. The average molecular weight is 284 g/mol. The summed E-state index contributed by atoms with van der Waals surface area (Å²) in [7, 11) is 0. The van der Waals surface area contributed by atoms with Crippen LogP contribution < -0.4 is 11.1 Å². The molecule has 4 unspecified atom stereocenters. The first kappa shape index (κ1) is 15.2. The summed E-state index contributed by atoms with van der Waals surface area (Å²) in [6.07, 6.45) is 10.7. The van der Waals surface area contributed by atoms with Gasteiger partial charge in [-0.05, 0) is 55.9 Å². The maximum atomic E-state index is 12.2. The topological polar surface area (TPSA) is 55.1 Å². The zero-order valence-corrected chi connectivity index (χ0v) is 12.9. The molecular formula is C15H28N2OS. The number of hydrogen-bond acceptors (Lipinski definition) is 3. The van der Waals surface area contributed by atoms with Gasteiger partial charge in [-0.1, -0.05) is 12.8 Å². The van der Waals surface area contributed by atoms with Gasteiger partial charge in [-0.25, -0.2) is 0 Å². The van der Waals surface area contributed by atoms with E-state index in [1.807, 2.05) is 11.8 Å². The minimum atomic E-state index is 0.107. The van der Waals surface area contributed by atoms with Gasteiger partial charge in [-0.15, -0.1) is 0 Å². The van der Waals surface area contributed by atoms with Crippen molar-refractivity contribution in [3.63, 3.8) is 0 Å². The van der Waals surface area contributed by atoms with Gasteiger partial charge in [0.25, 0.3) is 0 Å². The summed E-state index contributed by atoms with van der Waals surface area (Å²) in [5.74, 6) is 2.78. The van der Waals surface area contributed by atoms with Crippen molar-refractivity contribution < 1.29 is 4.79 Å². The number of carbonyl (C=O) groups is 1. The van der Waals surface area contributed by atoms with Crippen LogP contribution in [-0.2, 0) is 4.79 Å². The zero-order valence-electron chi connectivity index (χ0n) is 12.1. The van der Waals surface area contributed by atoms with Gasteiger partial charge in [0.05, 0.1) is 5.92 Å². The van der Waals surface area contributed by atoms with Crippen LogP contribution in [0.25, 0.3) is 0 Å². The van der Waals surface area contributed by atoms with Crippen molar-refractivity contribution in [2.75, 3.05) is 18.6 Å². The summed E-state index contributed by atoms with van der Waals surface area (Å²) < 4.78 is 0. The highest BCUT2D eigenvalue weighted by atomic mass is 32.2. The van der Waals surface area contributed by atoms with Gasteiger partial charge in [-0.2, -0.15) is 11.8 Å². The third-order valence-corrected chi connectivity index (χ3v) is 5.55. The summed E-state index contributed by atoms with van der Waals surface area (Å²) in [6.45, 7) is 0.832. The Bertz CT molecular complexity index is 296. The lowest BCUT2D eigenvalue weighted by Crippen LogP contribution is -2.45. The number of rotatable bonds is 8. The van der Waals surface area contributed by atoms with Gasteiger partial charge >= 0.3 is 0 Å². The van der Waals surface area contributed by atoms with Crippen LogP contribution in [0.15, 0.2) is 0 Å². The lowest BCUT2D eigenvalue weighted by molar-refractivity contribution is -0.127. The van der Waals surface area contributed by atoms with E-state index in [1.54, 1.807) is 0 Å². The number of nitrogens with two attached hydrogens (primary N) is 1. The number of fused-ring (bicyclic) bond motifs is 2. The van der Waals surface area contributed by atoms with Gasteiger partial charge in [0.2, 0.25) is 5.91 Å². The highest BCUT2D eigenvalue weighted by Gasteiger charge is 2.48. The lowest BCUT2D eigenvalue weighted by Gasteiger charge is -2.27. The number of thioether (sulfide) groups is 1. The van der Waals surface area contributed by atoms with E-state index in [0.29, 0.717) is 11.8 Å². The zero-order chi connectivity index (χ0) is 13.7. The van der Waals surface area contributed by atoms with E-state index in [-0.39, 0.29) is 17.9 Å². The molecule has 0 aromatic heterocycles. The Morgan fingerprint density at radius 2 is 1.95 bits per heavy atom. The molecular weight excluding hydrogens is 256 g/mol. The molecule has 4 heteroatoms. The smallest absolute Gasteiger partial charge is 0.224 e. The molecule has 3 nitrogen and oxygen atoms in total. The molecule has 0 heterocycles. The molecule has 1 amide bonds. The van der Waals surface area contributed by atoms with Gasteiger partial charge in [-0.3, -0.25) is 4.79 Å². The fourth-order valence-corrected chi connectivity index (χ4v) is 4.27. The monoisotopic (exact) mass is 284 g/mol. The number of carbonyl (C=O) groups excluding carboxylic acids is 1. The third-order valence-electron chi connectivity index (χ3n) is 4.86. The first-order valence-electron chi connectivity index (χ1n) is 7.76. The fraction of sp³-hybridized carbons (Fsp3) is 0.933. The standard InChI is InChI=1S/C15H28N2OS/c1-19-9-5-3-2-4-8-17-15(18)13-11-6-7-12(10-11)14(13)16/h11-14H,2-10,16H2,1H3,(H,17,18). The molecule has 2 bridgehead atoms. The molecule has 0 spiro atoms. The summed E-state index contributed by atoms with van der Waals surface area (Å²) >= 11 is 1.91. The molecule has 2 rings (SSSR count). The quantitative estimate of drug-likeness (QED) is 0.673. The number of nitrogens with one attached hydrogen (secondary N) is 1. The molecule has 0 radical (unpaired) electrons. The van der Waals surface area contributed by atoms with Crippen LogP contribution in [-0.4, -0.2) is 30.5 Å². The molecule has 0 aromatic carbocycles. The van der Waals surface area contributed by atoms with Crippen molar-refractivity contribution in [3.8, 4) is 0 Å². The lowest BCUT2D eigenvalue weighted by atomic mass is 9.84. The van der Waals surface area contributed by atoms with E-state index >= 15 is 0 Å². The van der Waals surface area contributed by atoms with Gasteiger partial charge in [0, 0.05) is 12.6 Å².